The van der Waals surface area contributed by atoms with Crippen LogP contribution in [0.1, 0.15) is 12.2 Å². The molecule has 0 saturated heterocycles. The Balaban J connectivity index is 1.99. The number of amides is 1. The Morgan fingerprint density at radius 1 is 1.28 bits per heavy atom. The molecule has 0 fully saturated rings. The van der Waals surface area contributed by atoms with Crippen molar-refractivity contribution in [1.29, 1.82) is 0 Å². The molecule has 1 amide bonds. The number of carbonyl (C=O) groups excluding carboxylic acids is 1. The van der Waals surface area contributed by atoms with Gasteiger partial charge in [-0.1, -0.05) is 6.07 Å². The second kappa shape index (κ2) is 8.78. The van der Waals surface area contributed by atoms with Gasteiger partial charge in [-0.05, 0) is 19.2 Å². The van der Waals surface area contributed by atoms with Crippen LogP contribution in [0.15, 0.2) is 24.3 Å². The number of nitrogen functional groups attached to an aromatic ring is 1. The Morgan fingerprint density at radius 2 is 2.08 bits per heavy atom. The highest BCUT2D eigenvalue weighted by Gasteiger charge is 2.08. The molecule has 1 aromatic carbocycles. The predicted molar refractivity (Wildman–Crippen MR) is 96.5 cm³/mol. The highest BCUT2D eigenvalue weighted by atomic mass is 16.5. The molecule has 1 heterocycles. The molecule has 0 atom stereocenters. The number of hydrogen-bond acceptors (Lipinski definition) is 8. The molecule has 0 radical (unpaired) electrons. The number of anilines is 3. The van der Waals surface area contributed by atoms with E-state index in [0.717, 1.165) is 0 Å². The van der Waals surface area contributed by atoms with Gasteiger partial charge in [0.1, 0.15) is 12.4 Å². The van der Waals surface area contributed by atoms with Crippen molar-refractivity contribution in [2.24, 2.45) is 0 Å². The molecule has 1 aromatic heterocycles. The van der Waals surface area contributed by atoms with E-state index >= 15 is 0 Å². The zero-order valence-corrected chi connectivity index (χ0v) is 14.6. The van der Waals surface area contributed by atoms with Gasteiger partial charge in [-0.2, -0.15) is 15.0 Å². The first-order valence-corrected chi connectivity index (χ1v) is 7.83. The molecule has 0 unspecified atom stereocenters. The topological polar surface area (TPSA) is 118 Å². The van der Waals surface area contributed by atoms with E-state index in [-0.39, 0.29) is 18.5 Å². The number of nitrogens with one attached hydrogen (secondary N) is 2. The van der Waals surface area contributed by atoms with E-state index in [1.54, 1.807) is 36.2 Å². The first kappa shape index (κ1) is 18.4. The largest absolute Gasteiger partial charge is 0.486 e. The summed E-state index contributed by atoms with van der Waals surface area (Å²) in [4.78, 5) is 25.9. The quantitative estimate of drug-likeness (QED) is 0.638. The summed E-state index contributed by atoms with van der Waals surface area (Å²) >= 11 is 0. The van der Waals surface area contributed by atoms with Crippen LogP contribution in [0, 0.1) is 0 Å². The molecule has 134 valence electrons. The molecule has 0 aliphatic heterocycles. The third-order valence-corrected chi connectivity index (χ3v) is 3.18. The Kier molecular flexibility index (Phi) is 6.47. The lowest BCUT2D eigenvalue weighted by Crippen LogP contribution is -2.18. The van der Waals surface area contributed by atoms with E-state index in [9.17, 15) is 4.79 Å². The molecule has 4 N–H and O–H groups in total. The van der Waals surface area contributed by atoms with Gasteiger partial charge in [-0.15, -0.1) is 0 Å². The molecule has 25 heavy (non-hydrogen) atoms. The van der Waals surface area contributed by atoms with Gasteiger partial charge < -0.3 is 26.0 Å². The zero-order valence-electron chi connectivity index (χ0n) is 14.6. The minimum Gasteiger partial charge on any atom is -0.486 e. The van der Waals surface area contributed by atoms with E-state index < -0.39 is 0 Å². The average molecular weight is 345 g/mol. The number of rotatable bonds is 8. The van der Waals surface area contributed by atoms with Crippen LogP contribution in [-0.2, 0) is 11.4 Å². The lowest BCUT2D eigenvalue weighted by Gasteiger charge is -2.12. The third kappa shape index (κ3) is 5.88. The molecule has 2 aromatic rings. The molecule has 0 aliphatic carbocycles. The summed E-state index contributed by atoms with van der Waals surface area (Å²) in [6.07, 6.45) is 0.402. The zero-order chi connectivity index (χ0) is 18.2. The van der Waals surface area contributed by atoms with Crippen molar-refractivity contribution in [3.63, 3.8) is 0 Å². The van der Waals surface area contributed by atoms with Gasteiger partial charge in [0.05, 0.1) is 0 Å². The Labute approximate surface area is 146 Å². The third-order valence-electron chi connectivity index (χ3n) is 3.18. The summed E-state index contributed by atoms with van der Waals surface area (Å²) in [6, 6.07) is 7.14. The van der Waals surface area contributed by atoms with Crippen molar-refractivity contribution in [2.45, 2.75) is 13.0 Å². The average Bonchev–Trinajstić information content (AvgIpc) is 2.58. The van der Waals surface area contributed by atoms with E-state index in [0.29, 0.717) is 36.2 Å². The first-order chi connectivity index (χ1) is 12.0. The number of ether oxygens (including phenoxy) is 1. The lowest BCUT2D eigenvalue weighted by atomic mass is 10.3. The standard InChI is InChI=1S/C16H23N7O2/c1-18-8-7-14(24)19-11-5-4-6-12(9-11)25-10-13-20-15(17)22-16(21-13)23(2)3/h4-6,9,18H,7-8,10H2,1-3H3,(H,19,24)(H2,17,20,21,22). The molecular weight excluding hydrogens is 322 g/mol. The van der Waals surface area contributed by atoms with Crippen LogP contribution in [0.3, 0.4) is 0 Å². The van der Waals surface area contributed by atoms with E-state index in [1.165, 1.54) is 0 Å². The summed E-state index contributed by atoms with van der Waals surface area (Å²) in [5.74, 6) is 1.57. The monoisotopic (exact) mass is 345 g/mol. The van der Waals surface area contributed by atoms with Crippen LogP contribution in [0.2, 0.25) is 0 Å². The summed E-state index contributed by atoms with van der Waals surface area (Å²) in [7, 11) is 5.44. The minimum atomic E-state index is -0.0626. The first-order valence-electron chi connectivity index (χ1n) is 7.83. The maximum atomic E-state index is 11.8. The van der Waals surface area contributed by atoms with Crippen molar-refractivity contribution < 1.29 is 9.53 Å². The highest BCUT2D eigenvalue weighted by Crippen LogP contribution is 2.18. The number of carbonyl (C=O) groups is 1. The SMILES string of the molecule is CNCCC(=O)Nc1cccc(OCc2nc(N)nc(N(C)C)n2)c1. The van der Waals surface area contributed by atoms with Crippen molar-refractivity contribution in [2.75, 3.05) is 43.6 Å². The molecule has 9 nitrogen and oxygen atoms in total. The van der Waals surface area contributed by atoms with Gasteiger partial charge in [0, 0.05) is 38.8 Å². The molecule has 0 spiro atoms. The number of benzene rings is 1. The molecule has 9 heteroatoms. The fraction of sp³-hybridized carbons (Fsp3) is 0.375. The summed E-state index contributed by atoms with van der Waals surface area (Å²) < 4.78 is 5.69. The van der Waals surface area contributed by atoms with Crippen molar-refractivity contribution >= 4 is 23.5 Å². The summed E-state index contributed by atoms with van der Waals surface area (Å²) in [6.45, 7) is 0.766. The van der Waals surface area contributed by atoms with Crippen LogP contribution in [0.4, 0.5) is 17.6 Å². The lowest BCUT2D eigenvalue weighted by molar-refractivity contribution is -0.116. The molecule has 0 aliphatic rings. The van der Waals surface area contributed by atoms with Crippen molar-refractivity contribution in [1.82, 2.24) is 20.3 Å². The Morgan fingerprint density at radius 3 is 2.80 bits per heavy atom. The number of nitrogens with two attached hydrogens (primary N) is 1. The second-order valence-corrected chi connectivity index (χ2v) is 5.52. The number of hydrogen-bond donors (Lipinski definition) is 3. The Hall–Kier alpha value is -2.94. The molecule has 0 bridgehead atoms. The fourth-order valence-corrected chi connectivity index (χ4v) is 1.96. The number of aromatic nitrogens is 3. The van der Waals surface area contributed by atoms with Crippen molar-refractivity contribution in [3.05, 3.63) is 30.1 Å². The van der Waals surface area contributed by atoms with Gasteiger partial charge >= 0.3 is 0 Å². The summed E-state index contributed by atoms with van der Waals surface area (Å²) in [5.41, 5.74) is 6.36. The summed E-state index contributed by atoms with van der Waals surface area (Å²) in [5, 5.41) is 5.75. The van der Waals surface area contributed by atoms with Crippen LogP contribution in [0.5, 0.6) is 5.75 Å². The molecule has 2 rings (SSSR count). The van der Waals surface area contributed by atoms with Crippen LogP contribution in [-0.4, -0.2) is 48.5 Å². The van der Waals surface area contributed by atoms with Crippen molar-refractivity contribution in [3.8, 4) is 5.75 Å². The van der Waals surface area contributed by atoms with Crippen LogP contribution < -0.4 is 26.0 Å². The van der Waals surface area contributed by atoms with E-state index in [4.69, 9.17) is 10.5 Å². The Bertz CT molecular complexity index is 721. The predicted octanol–water partition coefficient (Wildman–Crippen LogP) is 0.647. The number of nitrogens with zero attached hydrogens (tertiary/aromatic N) is 4. The molecular formula is C16H23N7O2. The van der Waals surface area contributed by atoms with Crippen LogP contribution in [0.25, 0.3) is 0 Å². The van der Waals surface area contributed by atoms with E-state index in [1.807, 2.05) is 14.1 Å². The smallest absolute Gasteiger partial charge is 0.230 e. The second-order valence-electron chi connectivity index (χ2n) is 5.52. The fourth-order valence-electron chi connectivity index (χ4n) is 1.96. The van der Waals surface area contributed by atoms with Gasteiger partial charge in [0.25, 0.3) is 0 Å². The van der Waals surface area contributed by atoms with Crippen LogP contribution >= 0.6 is 0 Å². The molecule has 0 saturated carbocycles. The minimum absolute atomic E-state index is 0.0626. The van der Waals surface area contributed by atoms with Gasteiger partial charge in [-0.25, -0.2) is 0 Å². The van der Waals surface area contributed by atoms with E-state index in [2.05, 4.69) is 25.6 Å². The van der Waals surface area contributed by atoms with Gasteiger partial charge in [-0.3, -0.25) is 4.79 Å². The maximum absolute atomic E-state index is 11.8. The maximum Gasteiger partial charge on any atom is 0.230 e. The van der Waals surface area contributed by atoms with Gasteiger partial charge in [0.15, 0.2) is 5.82 Å². The highest BCUT2D eigenvalue weighted by molar-refractivity contribution is 5.90. The van der Waals surface area contributed by atoms with Gasteiger partial charge in [0.2, 0.25) is 17.8 Å². The normalized spacial score (nSPS) is 10.4.